The van der Waals surface area contributed by atoms with Crippen LogP contribution in [0.3, 0.4) is 0 Å². The molecular weight excluding hydrogens is 226 g/mol. The summed E-state index contributed by atoms with van der Waals surface area (Å²) in [5, 5.41) is 9.57. The molecule has 94 valence electrons. The first-order valence-electron chi connectivity index (χ1n) is 5.79. The molecule has 0 radical (unpaired) electrons. The molecule has 2 fully saturated rings. The van der Waals surface area contributed by atoms with Crippen molar-refractivity contribution < 1.29 is 14.2 Å². The van der Waals surface area contributed by atoms with E-state index in [4.69, 9.17) is 0 Å². The summed E-state index contributed by atoms with van der Waals surface area (Å²) >= 11 is 0. The van der Waals surface area contributed by atoms with Gasteiger partial charge in [-0.15, -0.1) is 0 Å². The Labute approximate surface area is 98.5 Å². The lowest BCUT2D eigenvalue weighted by Crippen LogP contribution is -2.25. The number of fused-ring (bicyclic) bond motifs is 1. The number of hydrogen-bond acceptors (Lipinski definition) is 3. The summed E-state index contributed by atoms with van der Waals surface area (Å²) < 4.78 is 13.1. The molecule has 17 heavy (non-hydrogen) atoms. The highest BCUT2D eigenvalue weighted by molar-refractivity contribution is 5.25. The van der Waals surface area contributed by atoms with Gasteiger partial charge in [0, 0.05) is 5.41 Å². The van der Waals surface area contributed by atoms with E-state index in [9.17, 15) is 9.50 Å². The first-order chi connectivity index (χ1) is 7.62. The highest BCUT2D eigenvalue weighted by Gasteiger charge is 2.59. The van der Waals surface area contributed by atoms with Gasteiger partial charge in [0.25, 0.3) is 0 Å². The summed E-state index contributed by atoms with van der Waals surface area (Å²) in [5.74, 6) is 0.942. The highest BCUT2D eigenvalue weighted by atomic mass is 19.1. The molecule has 2 saturated carbocycles. The number of aryl methyl sites for hydroxylation is 1. The third kappa shape index (κ3) is 1.82. The van der Waals surface area contributed by atoms with Crippen molar-refractivity contribution in [3.8, 4) is 0 Å². The molecule has 3 nitrogen and oxygen atoms in total. The second kappa shape index (κ2) is 3.98. The molecule has 1 aromatic heterocycles. The zero-order chi connectivity index (χ0) is 11.3. The smallest absolute Gasteiger partial charge is 0.162 e. The molecule has 0 aromatic carbocycles. The van der Waals surface area contributed by atoms with Crippen molar-refractivity contribution >= 4 is 0 Å². The van der Waals surface area contributed by atoms with Gasteiger partial charge in [-0.25, -0.2) is 14.4 Å². The Bertz CT molecular complexity index is 441. The summed E-state index contributed by atoms with van der Waals surface area (Å²) in [6, 6.07) is 0. The minimum absolute atomic E-state index is 0. The monoisotopic (exact) mass is 242 g/mol. The standard InChI is InChI=1S/C12H15FN2O.FH/c1-7-10(13)6-14-11(15-7)12-3-2-9(16)4-8(12)5-12;/h6,8-9,16H,2-5H2,1H3;1H/t8?,9-,12+;/m0./s1. The van der Waals surface area contributed by atoms with Gasteiger partial charge in [0.2, 0.25) is 0 Å². The van der Waals surface area contributed by atoms with Gasteiger partial charge in [0.05, 0.1) is 18.0 Å². The quantitative estimate of drug-likeness (QED) is 0.817. The summed E-state index contributed by atoms with van der Waals surface area (Å²) in [5.41, 5.74) is 0.480. The van der Waals surface area contributed by atoms with E-state index in [2.05, 4.69) is 9.97 Å². The minimum Gasteiger partial charge on any atom is -0.393 e. The highest BCUT2D eigenvalue weighted by Crippen LogP contribution is 2.61. The Morgan fingerprint density at radius 2 is 2.29 bits per heavy atom. The Kier molecular flexibility index (Phi) is 2.89. The van der Waals surface area contributed by atoms with Gasteiger partial charge in [-0.1, -0.05) is 0 Å². The van der Waals surface area contributed by atoms with E-state index in [0.717, 1.165) is 31.5 Å². The molecule has 0 amide bonds. The molecule has 0 bridgehead atoms. The maximum absolute atomic E-state index is 13.1. The fraction of sp³-hybridized carbons (Fsp3) is 0.667. The van der Waals surface area contributed by atoms with E-state index < -0.39 is 0 Å². The van der Waals surface area contributed by atoms with Crippen LogP contribution < -0.4 is 0 Å². The molecule has 1 aromatic rings. The van der Waals surface area contributed by atoms with Crippen LogP contribution in [-0.4, -0.2) is 21.2 Å². The van der Waals surface area contributed by atoms with Crippen LogP contribution in [-0.2, 0) is 5.41 Å². The van der Waals surface area contributed by atoms with Gasteiger partial charge in [0.15, 0.2) is 5.82 Å². The summed E-state index contributed by atoms with van der Waals surface area (Å²) in [6.07, 6.45) is 4.75. The van der Waals surface area contributed by atoms with E-state index in [1.807, 2.05) is 0 Å². The van der Waals surface area contributed by atoms with Crippen LogP contribution in [0.25, 0.3) is 0 Å². The second-order valence-electron chi connectivity index (χ2n) is 5.11. The number of nitrogens with zero attached hydrogens (tertiary/aromatic N) is 2. The van der Waals surface area contributed by atoms with Crippen molar-refractivity contribution in [3.63, 3.8) is 0 Å². The Morgan fingerprint density at radius 3 is 2.94 bits per heavy atom. The van der Waals surface area contributed by atoms with Crippen molar-refractivity contribution in [3.05, 3.63) is 23.5 Å². The molecule has 1 unspecified atom stereocenters. The van der Waals surface area contributed by atoms with Gasteiger partial charge in [-0.05, 0) is 38.5 Å². The van der Waals surface area contributed by atoms with Crippen molar-refractivity contribution in [1.29, 1.82) is 0 Å². The van der Waals surface area contributed by atoms with Gasteiger partial charge in [-0.3, -0.25) is 4.70 Å². The fourth-order valence-electron chi connectivity index (χ4n) is 2.94. The Hall–Kier alpha value is -1.10. The first-order valence-corrected chi connectivity index (χ1v) is 5.79. The van der Waals surface area contributed by atoms with E-state index in [1.54, 1.807) is 6.92 Å². The summed E-state index contributed by atoms with van der Waals surface area (Å²) in [7, 11) is 0. The number of aliphatic hydroxyl groups excluding tert-OH is 1. The van der Waals surface area contributed by atoms with Crippen LogP contribution in [0.1, 0.15) is 37.2 Å². The van der Waals surface area contributed by atoms with Crippen LogP contribution >= 0.6 is 0 Å². The fourth-order valence-corrected chi connectivity index (χ4v) is 2.94. The number of aromatic nitrogens is 2. The molecule has 2 aliphatic rings. The Morgan fingerprint density at radius 1 is 1.53 bits per heavy atom. The molecular formula is C12H16F2N2O. The number of halogens is 2. The van der Waals surface area contributed by atoms with Crippen LogP contribution in [0.2, 0.25) is 0 Å². The molecule has 3 atom stereocenters. The van der Waals surface area contributed by atoms with Gasteiger partial charge in [0.1, 0.15) is 5.82 Å². The number of hydrogen-bond donors (Lipinski definition) is 1. The predicted molar refractivity (Wildman–Crippen MR) is 58.9 cm³/mol. The summed E-state index contributed by atoms with van der Waals surface area (Å²) in [4.78, 5) is 8.40. The van der Waals surface area contributed by atoms with E-state index in [-0.39, 0.29) is 22.0 Å². The maximum atomic E-state index is 13.1. The molecule has 0 spiro atoms. The zero-order valence-electron chi connectivity index (χ0n) is 9.69. The minimum atomic E-state index is -0.340. The predicted octanol–water partition coefficient (Wildman–Crippen LogP) is 1.88. The third-order valence-electron chi connectivity index (χ3n) is 4.08. The van der Waals surface area contributed by atoms with E-state index in [1.165, 1.54) is 6.20 Å². The van der Waals surface area contributed by atoms with Crippen molar-refractivity contribution in [2.75, 3.05) is 0 Å². The third-order valence-corrected chi connectivity index (χ3v) is 4.08. The summed E-state index contributed by atoms with van der Waals surface area (Å²) in [6.45, 7) is 1.67. The van der Waals surface area contributed by atoms with Crippen molar-refractivity contribution in [2.45, 2.75) is 44.1 Å². The van der Waals surface area contributed by atoms with Crippen molar-refractivity contribution in [2.24, 2.45) is 5.92 Å². The zero-order valence-corrected chi connectivity index (χ0v) is 9.69. The molecule has 0 saturated heterocycles. The van der Waals surface area contributed by atoms with Crippen molar-refractivity contribution in [1.82, 2.24) is 9.97 Å². The average Bonchev–Trinajstić information content (AvgIpc) is 2.96. The molecule has 0 aliphatic heterocycles. The lowest BCUT2D eigenvalue weighted by atomic mass is 9.86. The SMILES string of the molecule is Cc1nc([C@@]23CC[C@H](O)CC2C3)ncc1F.F. The molecule has 1 heterocycles. The second-order valence-corrected chi connectivity index (χ2v) is 5.11. The normalized spacial score (nSPS) is 34.8. The van der Waals surface area contributed by atoms with Crippen LogP contribution in [0, 0.1) is 18.7 Å². The molecule has 3 rings (SSSR count). The Balaban J connectivity index is 0.00000108. The van der Waals surface area contributed by atoms with Gasteiger partial charge < -0.3 is 5.11 Å². The van der Waals surface area contributed by atoms with Gasteiger partial charge >= 0.3 is 0 Å². The van der Waals surface area contributed by atoms with E-state index in [0.29, 0.717) is 11.6 Å². The topological polar surface area (TPSA) is 46.0 Å². The first kappa shape index (κ1) is 12.4. The lowest BCUT2D eigenvalue weighted by molar-refractivity contribution is 0.118. The average molecular weight is 242 g/mol. The number of aliphatic hydroxyl groups is 1. The van der Waals surface area contributed by atoms with E-state index >= 15 is 0 Å². The maximum Gasteiger partial charge on any atom is 0.162 e. The largest absolute Gasteiger partial charge is 0.393 e. The lowest BCUT2D eigenvalue weighted by Gasteiger charge is -2.24. The number of rotatable bonds is 1. The van der Waals surface area contributed by atoms with Crippen LogP contribution in [0.4, 0.5) is 9.09 Å². The molecule has 5 heteroatoms. The van der Waals surface area contributed by atoms with Gasteiger partial charge in [-0.2, -0.15) is 0 Å². The van der Waals surface area contributed by atoms with Crippen LogP contribution in [0.5, 0.6) is 0 Å². The van der Waals surface area contributed by atoms with Crippen LogP contribution in [0.15, 0.2) is 6.20 Å². The molecule has 2 aliphatic carbocycles. The molecule has 1 N–H and O–H groups in total.